The zero-order valence-corrected chi connectivity index (χ0v) is 10.3. The van der Waals surface area contributed by atoms with Gasteiger partial charge >= 0.3 is 0 Å². The van der Waals surface area contributed by atoms with Gasteiger partial charge in [0.2, 0.25) is 0 Å². The van der Waals surface area contributed by atoms with Gasteiger partial charge in [-0.15, -0.1) is 11.8 Å². The summed E-state index contributed by atoms with van der Waals surface area (Å²) in [5, 5.41) is 0.662. The van der Waals surface area contributed by atoms with Gasteiger partial charge in [0, 0.05) is 12.3 Å². The number of thioether (sulfide) groups is 1. The molecule has 0 aliphatic rings. The molecule has 0 saturated heterocycles. The van der Waals surface area contributed by atoms with Crippen molar-refractivity contribution in [3.63, 3.8) is 0 Å². The van der Waals surface area contributed by atoms with Gasteiger partial charge in [-0.2, -0.15) is 0 Å². The second-order valence-corrected chi connectivity index (χ2v) is 5.35. The summed E-state index contributed by atoms with van der Waals surface area (Å²) in [5.74, 6) is 1.11. The van der Waals surface area contributed by atoms with E-state index in [1.165, 1.54) is 4.21 Å². The van der Waals surface area contributed by atoms with Crippen LogP contribution in [0.5, 0.6) is 0 Å². The van der Waals surface area contributed by atoms with Crippen LogP contribution in [0, 0.1) is 0 Å². The summed E-state index contributed by atoms with van der Waals surface area (Å²) < 4.78 is 1.22. The highest BCUT2D eigenvalue weighted by atomic mass is 32.2. The second-order valence-electron chi connectivity index (χ2n) is 2.89. The van der Waals surface area contributed by atoms with Gasteiger partial charge in [-0.1, -0.05) is 25.2 Å². The Kier molecular flexibility index (Phi) is 5.29. The second kappa shape index (κ2) is 6.27. The third kappa shape index (κ3) is 3.86. The summed E-state index contributed by atoms with van der Waals surface area (Å²) >= 11 is 3.40. The topological polar surface area (TPSA) is 42.2 Å². The van der Waals surface area contributed by atoms with Crippen molar-refractivity contribution in [2.75, 3.05) is 31.1 Å². The van der Waals surface area contributed by atoms with Gasteiger partial charge in [-0.3, -0.25) is 0 Å². The first-order valence-electron chi connectivity index (χ1n) is 4.82. The first-order chi connectivity index (χ1) is 6.76. The molecule has 0 aliphatic heterocycles. The molecule has 0 aromatic carbocycles. The van der Waals surface area contributed by atoms with E-state index in [2.05, 4.69) is 23.7 Å². The van der Waals surface area contributed by atoms with E-state index in [0.717, 1.165) is 25.4 Å². The molecular weight excluding hydrogens is 214 g/mol. The van der Waals surface area contributed by atoms with Crippen LogP contribution in [0.1, 0.15) is 13.8 Å². The molecule has 1 aromatic rings. The maximum absolute atomic E-state index is 5.55. The molecule has 2 N–H and O–H groups in total. The third-order valence-electron chi connectivity index (χ3n) is 2.05. The average Bonchev–Trinajstić information content (AvgIpc) is 2.59. The highest BCUT2D eigenvalue weighted by molar-refractivity contribution is 8.01. The standard InChI is InChI=1S/C9H17N3S2/c1-3-12(4-2)5-6-13-8-7-11-9(10)14-8/h7H,3-6H2,1-2H3,(H2,10,11). The van der Waals surface area contributed by atoms with Crippen LogP contribution in [0.4, 0.5) is 5.13 Å². The summed E-state index contributed by atoms with van der Waals surface area (Å²) in [4.78, 5) is 6.43. The van der Waals surface area contributed by atoms with E-state index in [1.54, 1.807) is 11.3 Å². The number of hydrogen-bond donors (Lipinski definition) is 1. The zero-order chi connectivity index (χ0) is 10.4. The lowest BCUT2D eigenvalue weighted by Crippen LogP contribution is -2.25. The van der Waals surface area contributed by atoms with Crippen molar-refractivity contribution in [3.05, 3.63) is 6.20 Å². The Balaban J connectivity index is 2.21. The molecule has 14 heavy (non-hydrogen) atoms. The molecule has 0 atom stereocenters. The lowest BCUT2D eigenvalue weighted by atomic mass is 10.5. The lowest BCUT2D eigenvalue weighted by molar-refractivity contribution is 0.324. The van der Waals surface area contributed by atoms with Gasteiger partial charge < -0.3 is 10.6 Å². The maximum Gasteiger partial charge on any atom is 0.181 e. The molecule has 0 spiro atoms. The number of nitrogens with two attached hydrogens (primary N) is 1. The minimum Gasteiger partial charge on any atom is -0.375 e. The Morgan fingerprint density at radius 1 is 1.50 bits per heavy atom. The molecule has 0 bridgehead atoms. The molecule has 80 valence electrons. The van der Waals surface area contributed by atoms with E-state index >= 15 is 0 Å². The van der Waals surface area contributed by atoms with Crippen LogP contribution in [0.2, 0.25) is 0 Å². The Hall–Kier alpha value is -0.260. The van der Waals surface area contributed by atoms with Crippen molar-refractivity contribution >= 4 is 28.2 Å². The van der Waals surface area contributed by atoms with Crippen molar-refractivity contribution in [2.45, 2.75) is 18.1 Å². The van der Waals surface area contributed by atoms with Gasteiger partial charge in [-0.25, -0.2) is 4.98 Å². The normalized spacial score (nSPS) is 11.1. The van der Waals surface area contributed by atoms with Gasteiger partial charge in [0.15, 0.2) is 5.13 Å². The Morgan fingerprint density at radius 3 is 2.71 bits per heavy atom. The van der Waals surface area contributed by atoms with Crippen molar-refractivity contribution in [1.29, 1.82) is 0 Å². The number of nitrogens with zero attached hydrogens (tertiary/aromatic N) is 2. The molecule has 5 heteroatoms. The molecule has 0 saturated carbocycles. The first kappa shape index (κ1) is 11.8. The lowest BCUT2D eigenvalue weighted by Gasteiger charge is -2.16. The van der Waals surface area contributed by atoms with Crippen LogP contribution in [0.25, 0.3) is 0 Å². The van der Waals surface area contributed by atoms with E-state index < -0.39 is 0 Å². The minimum atomic E-state index is 0.662. The molecule has 0 fully saturated rings. The van der Waals surface area contributed by atoms with Crippen LogP contribution < -0.4 is 5.73 Å². The summed E-state index contributed by atoms with van der Waals surface area (Å²) in [7, 11) is 0. The molecule has 1 aromatic heterocycles. The van der Waals surface area contributed by atoms with Crippen LogP contribution >= 0.6 is 23.1 Å². The fourth-order valence-corrected chi connectivity index (χ4v) is 2.99. The van der Waals surface area contributed by atoms with E-state index in [-0.39, 0.29) is 0 Å². The predicted octanol–water partition coefficient (Wildman–Crippen LogP) is 2.16. The Morgan fingerprint density at radius 2 is 2.21 bits per heavy atom. The Labute approximate surface area is 93.7 Å². The van der Waals surface area contributed by atoms with Crippen LogP contribution in [-0.2, 0) is 0 Å². The number of aromatic nitrogens is 1. The summed E-state index contributed by atoms with van der Waals surface area (Å²) in [6.45, 7) is 7.77. The van der Waals surface area contributed by atoms with Gasteiger partial charge in [-0.05, 0) is 13.1 Å². The first-order valence-corrected chi connectivity index (χ1v) is 6.63. The molecule has 0 radical (unpaired) electrons. The van der Waals surface area contributed by atoms with Crippen molar-refractivity contribution in [1.82, 2.24) is 9.88 Å². The summed E-state index contributed by atoms with van der Waals surface area (Å²) in [6.07, 6.45) is 1.85. The molecule has 0 amide bonds. The van der Waals surface area contributed by atoms with Crippen LogP contribution in [0.15, 0.2) is 10.4 Å². The predicted molar refractivity (Wildman–Crippen MR) is 65.0 cm³/mol. The average molecular weight is 231 g/mol. The van der Waals surface area contributed by atoms with E-state index in [9.17, 15) is 0 Å². The fraction of sp³-hybridized carbons (Fsp3) is 0.667. The molecule has 1 rings (SSSR count). The number of rotatable bonds is 6. The highest BCUT2D eigenvalue weighted by Crippen LogP contribution is 2.25. The van der Waals surface area contributed by atoms with Gasteiger partial charge in [0.05, 0.1) is 10.4 Å². The maximum atomic E-state index is 5.55. The van der Waals surface area contributed by atoms with Crippen molar-refractivity contribution in [2.24, 2.45) is 0 Å². The Bertz CT molecular complexity index is 258. The van der Waals surface area contributed by atoms with Crippen LogP contribution in [-0.4, -0.2) is 35.3 Å². The summed E-state index contributed by atoms with van der Waals surface area (Å²) in [5.41, 5.74) is 5.55. The van der Waals surface area contributed by atoms with E-state index in [0.29, 0.717) is 5.13 Å². The number of nitrogen functional groups attached to an aromatic ring is 1. The SMILES string of the molecule is CCN(CC)CCSc1cnc(N)s1. The highest BCUT2D eigenvalue weighted by Gasteiger charge is 2.01. The smallest absolute Gasteiger partial charge is 0.181 e. The van der Waals surface area contributed by atoms with Crippen LogP contribution in [0.3, 0.4) is 0 Å². The molecule has 0 aliphatic carbocycles. The third-order valence-corrected chi connectivity index (χ3v) is 4.05. The fourth-order valence-electron chi connectivity index (χ4n) is 1.15. The largest absolute Gasteiger partial charge is 0.375 e. The molecular formula is C9H17N3S2. The monoisotopic (exact) mass is 231 g/mol. The zero-order valence-electron chi connectivity index (χ0n) is 8.69. The quantitative estimate of drug-likeness (QED) is 0.762. The minimum absolute atomic E-state index is 0.662. The van der Waals surface area contributed by atoms with E-state index in [1.807, 2.05) is 18.0 Å². The number of hydrogen-bond acceptors (Lipinski definition) is 5. The van der Waals surface area contributed by atoms with Gasteiger partial charge in [0.25, 0.3) is 0 Å². The molecule has 0 unspecified atom stereocenters. The van der Waals surface area contributed by atoms with E-state index in [4.69, 9.17) is 5.73 Å². The summed E-state index contributed by atoms with van der Waals surface area (Å²) in [6, 6.07) is 0. The molecule has 3 nitrogen and oxygen atoms in total. The number of thiazole rings is 1. The van der Waals surface area contributed by atoms with Crippen molar-refractivity contribution in [3.8, 4) is 0 Å². The van der Waals surface area contributed by atoms with Gasteiger partial charge in [0.1, 0.15) is 0 Å². The molecule has 1 heterocycles. The number of anilines is 1. The van der Waals surface area contributed by atoms with Crippen molar-refractivity contribution < 1.29 is 0 Å².